The summed E-state index contributed by atoms with van der Waals surface area (Å²) in [4.78, 5) is 15.4. The molecule has 1 heterocycles. The van der Waals surface area contributed by atoms with Crippen molar-refractivity contribution < 1.29 is 36.6 Å². The van der Waals surface area contributed by atoms with Gasteiger partial charge in [0.15, 0.2) is 11.5 Å². The van der Waals surface area contributed by atoms with E-state index in [1.165, 1.54) is 6.92 Å². The Morgan fingerprint density at radius 2 is 1.80 bits per heavy atom. The van der Waals surface area contributed by atoms with Crippen LogP contribution in [0.2, 0.25) is 5.02 Å². The van der Waals surface area contributed by atoms with E-state index in [1.807, 2.05) is 17.4 Å². The van der Waals surface area contributed by atoms with Gasteiger partial charge in [-0.3, -0.25) is 4.79 Å². The summed E-state index contributed by atoms with van der Waals surface area (Å²) in [6.45, 7) is 1.49. The number of benzene rings is 2. The van der Waals surface area contributed by atoms with Crippen LogP contribution in [0, 0.1) is 0 Å². The number of carbonyl (C=O) groups excluding carboxylic acids is 1. The lowest BCUT2D eigenvalue weighted by atomic mass is 10.1. The van der Waals surface area contributed by atoms with Gasteiger partial charge in [-0.2, -0.15) is 18.2 Å². The van der Waals surface area contributed by atoms with Crippen molar-refractivity contribution in [2.45, 2.75) is 32.0 Å². The first kappa shape index (κ1) is 26.2. The van der Waals surface area contributed by atoms with E-state index in [0.717, 1.165) is 5.56 Å². The highest BCUT2D eigenvalue weighted by Crippen LogP contribution is 2.30. The predicted molar refractivity (Wildman–Crippen MR) is 123 cm³/mol. The second-order valence-corrected chi connectivity index (χ2v) is 7.98. The minimum absolute atomic E-state index is 0.122. The molecule has 7 nitrogen and oxygen atoms in total. The first-order valence-electron chi connectivity index (χ1n) is 10.7. The molecule has 1 atom stereocenters. The molecule has 1 unspecified atom stereocenters. The summed E-state index contributed by atoms with van der Waals surface area (Å²) in [5.41, 5.74) is 1.24. The summed E-state index contributed by atoms with van der Waals surface area (Å²) in [5.74, 6) is -0.294. The zero-order valence-corrected chi connectivity index (χ0v) is 19.8. The molecule has 0 saturated carbocycles. The summed E-state index contributed by atoms with van der Waals surface area (Å²) in [6, 6.07) is 13.3. The largest absolute Gasteiger partial charge is 0.493 e. The Kier molecular flexibility index (Phi) is 8.86. The van der Waals surface area contributed by atoms with Crippen molar-refractivity contribution in [2.75, 3.05) is 20.3 Å². The van der Waals surface area contributed by atoms with E-state index >= 15 is 0 Å². The molecule has 11 heteroatoms. The topological polar surface area (TPSA) is 82.8 Å². The van der Waals surface area contributed by atoms with Crippen LogP contribution in [-0.4, -0.2) is 43.4 Å². The highest BCUT2D eigenvalue weighted by molar-refractivity contribution is 6.30. The Morgan fingerprint density at radius 3 is 2.46 bits per heavy atom. The number of methoxy groups -OCH3 is 1. The second-order valence-electron chi connectivity index (χ2n) is 7.54. The molecule has 2 aromatic carbocycles. The van der Waals surface area contributed by atoms with Crippen molar-refractivity contribution in [1.29, 1.82) is 0 Å². The number of halogens is 4. The summed E-state index contributed by atoms with van der Waals surface area (Å²) in [7, 11) is 1.56. The summed E-state index contributed by atoms with van der Waals surface area (Å²) >= 11 is 5.98. The lowest BCUT2D eigenvalue weighted by molar-refractivity contribution is -0.174. The van der Waals surface area contributed by atoms with Gasteiger partial charge in [-0.05, 0) is 37.6 Å². The molecule has 1 aromatic heterocycles. The van der Waals surface area contributed by atoms with Gasteiger partial charge < -0.3 is 23.9 Å². The molecule has 0 radical (unpaired) electrons. The van der Waals surface area contributed by atoms with E-state index in [0.29, 0.717) is 47.4 Å². The van der Waals surface area contributed by atoms with Crippen LogP contribution in [0.1, 0.15) is 19.1 Å². The molecular weight excluding hydrogens is 489 g/mol. The first-order chi connectivity index (χ1) is 16.7. The fourth-order valence-electron chi connectivity index (χ4n) is 3.09. The quantitative estimate of drug-likeness (QED) is 0.343. The van der Waals surface area contributed by atoms with Crippen LogP contribution in [0.25, 0.3) is 11.3 Å². The van der Waals surface area contributed by atoms with Crippen LogP contribution in [0.4, 0.5) is 13.2 Å². The third-order valence-corrected chi connectivity index (χ3v) is 5.01. The number of hydrogen-bond acceptors (Lipinski definition) is 6. The normalized spacial score (nSPS) is 12.2. The van der Waals surface area contributed by atoms with Crippen molar-refractivity contribution in [3.05, 3.63) is 59.3 Å². The third-order valence-electron chi connectivity index (χ3n) is 4.76. The smallest absolute Gasteiger partial charge is 0.471 e. The maximum Gasteiger partial charge on any atom is 0.471 e. The average Bonchev–Trinajstić information content (AvgIpc) is 3.23. The van der Waals surface area contributed by atoms with Crippen molar-refractivity contribution >= 4 is 17.5 Å². The standard InChI is InChI=1S/C24H24ClF3N2O5/c1-15(29-22(31)24(26,27)28)14-34-23-30-21(16-9-11-17(25)12-10-16)20(35-23)8-5-13-33-19-7-4-3-6-18(19)32-2/h3-4,6-7,9-12,15H,5,8,13-14H2,1-2H3,(H,29,31). The van der Waals surface area contributed by atoms with Crippen LogP contribution in [0.3, 0.4) is 0 Å². The number of ether oxygens (including phenoxy) is 3. The first-order valence-corrected chi connectivity index (χ1v) is 11.1. The molecule has 1 N–H and O–H groups in total. The van der Waals surface area contributed by atoms with Crippen LogP contribution >= 0.6 is 11.6 Å². The molecule has 0 aliphatic heterocycles. The minimum Gasteiger partial charge on any atom is -0.493 e. The summed E-state index contributed by atoms with van der Waals surface area (Å²) in [6.07, 6.45) is -4.07. The van der Waals surface area contributed by atoms with E-state index < -0.39 is 18.1 Å². The molecule has 3 aromatic rings. The lowest BCUT2D eigenvalue weighted by Crippen LogP contribution is -2.44. The molecule has 0 aliphatic carbocycles. The van der Waals surface area contributed by atoms with Gasteiger partial charge in [0.1, 0.15) is 18.1 Å². The Bertz CT molecular complexity index is 1120. The van der Waals surface area contributed by atoms with Crippen molar-refractivity contribution in [3.8, 4) is 28.8 Å². The molecule has 0 saturated heterocycles. The number of carbonyl (C=O) groups is 1. The molecule has 0 aliphatic rings. The Morgan fingerprint density at radius 1 is 1.11 bits per heavy atom. The zero-order chi connectivity index (χ0) is 25.4. The Hall–Kier alpha value is -3.40. The lowest BCUT2D eigenvalue weighted by Gasteiger charge is -2.14. The zero-order valence-electron chi connectivity index (χ0n) is 19.0. The number of amides is 1. The number of rotatable bonds is 11. The van der Waals surface area contributed by atoms with Gasteiger partial charge in [0.05, 0.1) is 19.8 Å². The van der Waals surface area contributed by atoms with Gasteiger partial charge in [0.25, 0.3) is 0 Å². The fraction of sp³-hybridized carbons (Fsp3) is 0.333. The number of para-hydroxylation sites is 2. The average molecular weight is 513 g/mol. The number of nitrogens with one attached hydrogen (secondary N) is 1. The van der Waals surface area contributed by atoms with Gasteiger partial charge in [0, 0.05) is 17.0 Å². The maximum absolute atomic E-state index is 12.4. The molecule has 188 valence electrons. The molecule has 3 rings (SSSR count). The van der Waals surface area contributed by atoms with Crippen molar-refractivity contribution in [3.63, 3.8) is 0 Å². The van der Waals surface area contributed by atoms with E-state index in [2.05, 4.69) is 4.98 Å². The van der Waals surface area contributed by atoms with Gasteiger partial charge in [-0.1, -0.05) is 35.9 Å². The maximum atomic E-state index is 12.4. The number of hydrogen-bond donors (Lipinski definition) is 1. The Balaban J connectivity index is 1.66. The van der Waals surface area contributed by atoms with Crippen LogP contribution < -0.4 is 19.5 Å². The van der Waals surface area contributed by atoms with Crippen LogP contribution in [-0.2, 0) is 11.2 Å². The Labute approximate surface area is 205 Å². The molecule has 0 spiro atoms. The number of aryl methyl sites for hydroxylation is 1. The molecule has 0 fully saturated rings. The van der Waals surface area contributed by atoms with E-state index in [4.69, 9.17) is 30.2 Å². The summed E-state index contributed by atoms with van der Waals surface area (Å²) in [5, 5.41) is 2.37. The van der Waals surface area contributed by atoms with E-state index in [9.17, 15) is 18.0 Å². The van der Waals surface area contributed by atoms with E-state index in [-0.39, 0.29) is 12.7 Å². The monoisotopic (exact) mass is 512 g/mol. The molecular formula is C24H24ClF3N2O5. The molecule has 1 amide bonds. The van der Waals surface area contributed by atoms with Crippen molar-refractivity contribution in [1.82, 2.24) is 10.3 Å². The van der Waals surface area contributed by atoms with Crippen LogP contribution in [0.5, 0.6) is 17.6 Å². The van der Waals surface area contributed by atoms with Gasteiger partial charge in [-0.15, -0.1) is 0 Å². The minimum atomic E-state index is -4.97. The number of nitrogens with zero attached hydrogens (tertiary/aromatic N) is 1. The van der Waals surface area contributed by atoms with Gasteiger partial charge in [-0.25, -0.2) is 0 Å². The fourth-order valence-corrected chi connectivity index (χ4v) is 3.22. The molecule has 0 bridgehead atoms. The van der Waals surface area contributed by atoms with Gasteiger partial charge in [0.2, 0.25) is 0 Å². The summed E-state index contributed by atoms with van der Waals surface area (Å²) < 4.78 is 59.5. The van der Waals surface area contributed by atoms with Crippen LogP contribution in [0.15, 0.2) is 52.9 Å². The third kappa shape index (κ3) is 7.54. The predicted octanol–water partition coefficient (Wildman–Crippen LogP) is 5.46. The highest BCUT2D eigenvalue weighted by atomic mass is 35.5. The second kappa shape index (κ2) is 11.8. The molecule has 35 heavy (non-hydrogen) atoms. The SMILES string of the molecule is COc1ccccc1OCCCc1oc(OCC(C)NC(=O)C(F)(F)F)nc1-c1ccc(Cl)cc1. The van der Waals surface area contributed by atoms with Gasteiger partial charge >= 0.3 is 18.2 Å². The number of aromatic nitrogens is 1. The van der Waals surface area contributed by atoms with E-state index in [1.54, 1.807) is 43.5 Å². The number of oxazole rings is 1. The van der Waals surface area contributed by atoms with Crippen molar-refractivity contribution in [2.24, 2.45) is 0 Å². The number of alkyl halides is 3. The highest BCUT2D eigenvalue weighted by Gasteiger charge is 2.39.